The van der Waals surface area contributed by atoms with E-state index in [1.807, 2.05) is 5.51 Å². The van der Waals surface area contributed by atoms with Crippen molar-refractivity contribution in [1.29, 1.82) is 0 Å². The minimum absolute atomic E-state index is 0.513. The lowest BCUT2D eigenvalue weighted by Gasteiger charge is -2.20. The van der Waals surface area contributed by atoms with Gasteiger partial charge >= 0.3 is 0 Å². The Morgan fingerprint density at radius 2 is 2.21 bits per heavy atom. The van der Waals surface area contributed by atoms with Crippen molar-refractivity contribution >= 4 is 11.3 Å². The zero-order valence-corrected chi connectivity index (χ0v) is 12.1. The molecule has 0 aliphatic carbocycles. The monoisotopic (exact) mass is 272 g/mol. The summed E-state index contributed by atoms with van der Waals surface area (Å²) in [5.41, 5.74) is 4.61. The molecule has 19 heavy (non-hydrogen) atoms. The van der Waals surface area contributed by atoms with Crippen molar-refractivity contribution in [2.24, 2.45) is 5.92 Å². The van der Waals surface area contributed by atoms with E-state index in [1.165, 1.54) is 42.1 Å². The van der Waals surface area contributed by atoms with Crippen LogP contribution in [0.2, 0.25) is 0 Å². The number of hydrogen-bond acceptors (Lipinski definition) is 3. The number of aromatic nitrogens is 1. The summed E-state index contributed by atoms with van der Waals surface area (Å²) in [7, 11) is 0. The molecule has 1 aliphatic rings. The van der Waals surface area contributed by atoms with Gasteiger partial charge in [0.1, 0.15) is 0 Å². The van der Waals surface area contributed by atoms with E-state index in [2.05, 4.69) is 47.6 Å². The lowest BCUT2D eigenvalue weighted by Crippen LogP contribution is -2.13. The fourth-order valence-electron chi connectivity index (χ4n) is 2.97. The molecule has 3 rings (SSSR count). The molecule has 0 amide bonds. The van der Waals surface area contributed by atoms with Crippen LogP contribution in [-0.2, 0) is 0 Å². The lowest BCUT2D eigenvalue weighted by atomic mass is 9.86. The first-order valence-electron chi connectivity index (χ1n) is 7.00. The smallest absolute Gasteiger partial charge is 0.0797 e. The van der Waals surface area contributed by atoms with Gasteiger partial charge in [0.05, 0.1) is 11.2 Å². The summed E-state index contributed by atoms with van der Waals surface area (Å²) >= 11 is 1.80. The second-order valence-corrected chi connectivity index (χ2v) is 6.25. The van der Waals surface area contributed by atoms with Gasteiger partial charge in [0.2, 0.25) is 0 Å². The minimum Gasteiger partial charge on any atom is -0.316 e. The summed E-state index contributed by atoms with van der Waals surface area (Å²) < 4.78 is 0. The topological polar surface area (TPSA) is 24.9 Å². The van der Waals surface area contributed by atoms with Crippen LogP contribution in [0.5, 0.6) is 0 Å². The molecule has 1 N–H and O–H groups in total. The summed E-state index contributed by atoms with van der Waals surface area (Å²) in [6.45, 7) is 4.48. The highest BCUT2D eigenvalue weighted by molar-refractivity contribution is 7.09. The average Bonchev–Trinajstić information content (AvgIpc) is 3.08. The van der Waals surface area contributed by atoms with Crippen LogP contribution in [0, 0.1) is 12.8 Å². The fourth-order valence-corrected chi connectivity index (χ4v) is 3.92. The highest BCUT2D eigenvalue weighted by Gasteiger charge is 2.24. The van der Waals surface area contributed by atoms with Gasteiger partial charge in [-0.15, -0.1) is 11.3 Å². The molecule has 1 aliphatic heterocycles. The molecule has 1 aromatic carbocycles. The molecule has 2 heterocycles. The predicted octanol–water partition coefficient (Wildman–Crippen LogP) is 3.58. The fraction of sp³-hybridized carbons (Fsp3) is 0.438. The normalized spacial score (nSPS) is 20.6. The lowest BCUT2D eigenvalue weighted by molar-refractivity contribution is 0.500. The SMILES string of the molecule is Cc1ncsc1C(CC1CCNC1)c1ccccc1. The molecule has 1 fully saturated rings. The van der Waals surface area contributed by atoms with Crippen molar-refractivity contribution in [2.45, 2.75) is 25.7 Å². The van der Waals surface area contributed by atoms with E-state index in [4.69, 9.17) is 0 Å². The number of nitrogens with one attached hydrogen (secondary N) is 1. The Balaban J connectivity index is 1.89. The third kappa shape index (κ3) is 2.88. The van der Waals surface area contributed by atoms with Crippen molar-refractivity contribution in [3.05, 3.63) is 52.0 Å². The maximum absolute atomic E-state index is 4.44. The molecule has 0 bridgehead atoms. The van der Waals surface area contributed by atoms with Gasteiger partial charge in [-0.25, -0.2) is 4.98 Å². The van der Waals surface area contributed by atoms with Gasteiger partial charge in [0.25, 0.3) is 0 Å². The maximum Gasteiger partial charge on any atom is 0.0797 e. The van der Waals surface area contributed by atoms with Gasteiger partial charge in [-0.2, -0.15) is 0 Å². The maximum atomic E-state index is 4.44. The molecule has 2 unspecified atom stereocenters. The number of aryl methyl sites for hydroxylation is 1. The van der Waals surface area contributed by atoms with E-state index >= 15 is 0 Å². The molecule has 2 nitrogen and oxygen atoms in total. The molecule has 2 atom stereocenters. The van der Waals surface area contributed by atoms with Crippen LogP contribution in [0.15, 0.2) is 35.8 Å². The molecular formula is C16H20N2S. The highest BCUT2D eigenvalue weighted by Crippen LogP contribution is 2.36. The molecule has 0 radical (unpaired) electrons. The number of benzene rings is 1. The van der Waals surface area contributed by atoms with Gasteiger partial charge in [0, 0.05) is 10.8 Å². The van der Waals surface area contributed by atoms with Gasteiger partial charge in [-0.3, -0.25) is 0 Å². The Bertz CT molecular complexity index is 515. The van der Waals surface area contributed by atoms with Crippen LogP contribution in [0.3, 0.4) is 0 Å². The summed E-state index contributed by atoms with van der Waals surface area (Å²) in [6.07, 6.45) is 2.54. The first kappa shape index (κ1) is 12.8. The second-order valence-electron chi connectivity index (χ2n) is 5.36. The largest absolute Gasteiger partial charge is 0.316 e. The Hall–Kier alpha value is -1.19. The van der Waals surface area contributed by atoms with Crippen molar-refractivity contribution < 1.29 is 0 Å². The van der Waals surface area contributed by atoms with Crippen LogP contribution in [0.25, 0.3) is 0 Å². The van der Waals surface area contributed by atoms with Crippen molar-refractivity contribution in [2.75, 3.05) is 13.1 Å². The second kappa shape index (κ2) is 5.85. The van der Waals surface area contributed by atoms with E-state index in [0.717, 1.165) is 5.92 Å². The van der Waals surface area contributed by atoms with E-state index in [9.17, 15) is 0 Å². The van der Waals surface area contributed by atoms with E-state index in [0.29, 0.717) is 5.92 Å². The summed E-state index contributed by atoms with van der Waals surface area (Å²) in [5.74, 6) is 1.31. The Labute approximate surface area is 118 Å². The van der Waals surface area contributed by atoms with E-state index < -0.39 is 0 Å². The zero-order valence-electron chi connectivity index (χ0n) is 11.3. The Morgan fingerprint density at radius 3 is 2.84 bits per heavy atom. The van der Waals surface area contributed by atoms with Gasteiger partial charge < -0.3 is 5.32 Å². The van der Waals surface area contributed by atoms with Crippen LogP contribution in [-0.4, -0.2) is 18.1 Å². The Morgan fingerprint density at radius 1 is 1.37 bits per heavy atom. The van der Waals surface area contributed by atoms with E-state index in [1.54, 1.807) is 11.3 Å². The van der Waals surface area contributed by atoms with Crippen molar-refractivity contribution in [3.63, 3.8) is 0 Å². The van der Waals surface area contributed by atoms with Crippen molar-refractivity contribution in [3.8, 4) is 0 Å². The molecule has 3 heteroatoms. The predicted molar refractivity (Wildman–Crippen MR) is 80.7 cm³/mol. The van der Waals surface area contributed by atoms with E-state index in [-0.39, 0.29) is 0 Å². The molecule has 1 aromatic heterocycles. The minimum atomic E-state index is 0.513. The van der Waals surface area contributed by atoms with Gasteiger partial charge in [-0.1, -0.05) is 30.3 Å². The molecule has 1 saturated heterocycles. The number of thiazole rings is 1. The molecule has 0 saturated carbocycles. The van der Waals surface area contributed by atoms with Crippen LogP contribution in [0.1, 0.15) is 34.9 Å². The quantitative estimate of drug-likeness (QED) is 0.920. The summed E-state index contributed by atoms with van der Waals surface area (Å²) in [6, 6.07) is 10.9. The Kier molecular flexibility index (Phi) is 3.95. The van der Waals surface area contributed by atoms with Gasteiger partial charge in [-0.05, 0) is 44.3 Å². The third-order valence-corrected chi connectivity index (χ3v) is 5.08. The first-order chi connectivity index (χ1) is 9.34. The third-order valence-electron chi connectivity index (χ3n) is 4.03. The number of hydrogen-bond donors (Lipinski definition) is 1. The number of rotatable bonds is 4. The molecule has 100 valence electrons. The zero-order chi connectivity index (χ0) is 13.1. The van der Waals surface area contributed by atoms with Crippen molar-refractivity contribution in [1.82, 2.24) is 10.3 Å². The standard InChI is InChI=1S/C16H20N2S/c1-12-16(19-11-18-12)15(9-13-7-8-17-10-13)14-5-3-2-4-6-14/h2-6,11,13,15,17H,7-10H2,1H3. The molecule has 0 spiro atoms. The van der Waals surface area contributed by atoms with Gasteiger partial charge in [0.15, 0.2) is 0 Å². The van der Waals surface area contributed by atoms with Crippen LogP contribution >= 0.6 is 11.3 Å². The van der Waals surface area contributed by atoms with Crippen LogP contribution < -0.4 is 5.32 Å². The summed E-state index contributed by atoms with van der Waals surface area (Å²) in [4.78, 5) is 5.88. The van der Waals surface area contributed by atoms with Crippen LogP contribution in [0.4, 0.5) is 0 Å². The molecular weight excluding hydrogens is 252 g/mol. The highest BCUT2D eigenvalue weighted by atomic mass is 32.1. The average molecular weight is 272 g/mol. The molecule has 2 aromatic rings. The number of nitrogens with zero attached hydrogens (tertiary/aromatic N) is 1. The summed E-state index contributed by atoms with van der Waals surface area (Å²) in [5, 5.41) is 3.48. The first-order valence-corrected chi connectivity index (χ1v) is 7.88.